The second kappa shape index (κ2) is 6.72. The van der Waals surface area contributed by atoms with E-state index < -0.39 is 0 Å². The lowest BCUT2D eigenvalue weighted by Gasteiger charge is -2.34. The fourth-order valence-corrected chi connectivity index (χ4v) is 4.46. The molecule has 4 nitrogen and oxygen atoms in total. The van der Waals surface area contributed by atoms with Crippen LogP contribution in [0.15, 0.2) is 36.4 Å². The summed E-state index contributed by atoms with van der Waals surface area (Å²) in [7, 11) is 0. The van der Waals surface area contributed by atoms with Crippen molar-refractivity contribution in [3.63, 3.8) is 0 Å². The summed E-state index contributed by atoms with van der Waals surface area (Å²) in [4.78, 5) is 21.8. The van der Waals surface area contributed by atoms with Crippen LogP contribution in [0.5, 0.6) is 0 Å². The third kappa shape index (κ3) is 3.19. The summed E-state index contributed by atoms with van der Waals surface area (Å²) >= 11 is 1.75. The van der Waals surface area contributed by atoms with E-state index in [-0.39, 0.29) is 5.91 Å². The van der Waals surface area contributed by atoms with Crippen LogP contribution in [0.4, 0.5) is 5.13 Å². The first-order valence-corrected chi connectivity index (χ1v) is 9.81. The molecule has 0 atom stereocenters. The first-order chi connectivity index (χ1) is 12.5. The fraction of sp³-hybridized carbons (Fsp3) is 0.333. The quantitative estimate of drug-likeness (QED) is 0.683. The van der Waals surface area contributed by atoms with Gasteiger partial charge in [-0.25, -0.2) is 4.98 Å². The monoisotopic (exact) mass is 365 g/mol. The predicted octanol–water partition coefficient (Wildman–Crippen LogP) is 4.18. The number of aryl methyl sites for hydroxylation is 3. The van der Waals surface area contributed by atoms with Crippen LogP contribution in [-0.2, 0) is 0 Å². The van der Waals surface area contributed by atoms with Crippen molar-refractivity contribution in [2.24, 2.45) is 0 Å². The maximum atomic E-state index is 12.7. The van der Waals surface area contributed by atoms with E-state index in [2.05, 4.69) is 30.9 Å². The summed E-state index contributed by atoms with van der Waals surface area (Å²) in [5, 5.41) is 1.06. The third-order valence-electron chi connectivity index (χ3n) is 5.10. The molecule has 0 unspecified atom stereocenters. The smallest absolute Gasteiger partial charge is 0.253 e. The molecule has 134 valence electrons. The lowest BCUT2D eigenvalue weighted by molar-refractivity contribution is 0.0746. The molecular formula is C21H23N3OS. The van der Waals surface area contributed by atoms with Crippen LogP contribution in [0.3, 0.4) is 0 Å². The summed E-state index contributed by atoms with van der Waals surface area (Å²) < 4.78 is 1.24. The van der Waals surface area contributed by atoms with Crippen molar-refractivity contribution in [2.75, 3.05) is 31.1 Å². The molecular weight excluding hydrogens is 342 g/mol. The summed E-state index contributed by atoms with van der Waals surface area (Å²) in [6, 6.07) is 12.2. The number of carbonyl (C=O) groups excluding carboxylic acids is 1. The second-order valence-corrected chi connectivity index (χ2v) is 8.06. The second-order valence-electron chi connectivity index (χ2n) is 7.05. The lowest BCUT2D eigenvalue weighted by atomic mass is 10.1. The summed E-state index contributed by atoms with van der Waals surface area (Å²) in [6.07, 6.45) is 0. The van der Waals surface area contributed by atoms with E-state index in [1.165, 1.54) is 15.8 Å². The highest BCUT2D eigenvalue weighted by molar-refractivity contribution is 7.22. The molecule has 1 saturated heterocycles. The maximum absolute atomic E-state index is 12.7. The molecule has 2 heterocycles. The van der Waals surface area contributed by atoms with E-state index in [9.17, 15) is 4.79 Å². The van der Waals surface area contributed by atoms with E-state index in [4.69, 9.17) is 4.98 Å². The highest BCUT2D eigenvalue weighted by Crippen LogP contribution is 2.31. The Balaban J connectivity index is 1.47. The molecule has 0 radical (unpaired) electrons. The number of fused-ring (bicyclic) bond motifs is 1. The molecule has 0 bridgehead atoms. The van der Waals surface area contributed by atoms with Crippen LogP contribution in [0, 0.1) is 20.8 Å². The van der Waals surface area contributed by atoms with Crippen LogP contribution < -0.4 is 4.90 Å². The SMILES string of the molecule is Cc1cccc(C(=O)N2CCN(c3nc4cc(C)c(C)cc4s3)CC2)c1. The van der Waals surface area contributed by atoms with Crippen molar-refractivity contribution in [3.05, 3.63) is 58.7 Å². The Bertz CT molecular complexity index is 932. The van der Waals surface area contributed by atoms with Crippen molar-refractivity contribution in [2.45, 2.75) is 20.8 Å². The zero-order chi connectivity index (χ0) is 18.3. The van der Waals surface area contributed by atoms with Crippen LogP contribution in [0.1, 0.15) is 27.0 Å². The average molecular weight is 366 g/mol. The number of hydrogen-bond donors (Lipinski definition) is 0. The average Bonchev–Trinajstić information content (AvgIpc) is 3.04. The number of carbonyl (C=O) groups is 1. The summed E-state index contributed by atoms with van der Waals surface area (Å²) in [6.45, 7) is 9.42. The molecule has 5 heteroatoms. The molecule has 1 aliphatic heterocycles. The van der Waals surface area contributed by atoms with Gasteiger partial charge in [-0.2, -0.15) is 0 Å². The van der Waals surface area contributed by atoms with E-state index in [0.29, 0.717) is 0 Å². The number of benzene rings is 2. The van der Waals surface area contributed by atoms with Crippen LogP contribution in [0.25, 0.3) is 10.2 Å². The van der Waals surface area contributed by atoms with E-state index in [0.717, 1.165) is 48.0 Å². The van der Waals surface area contributed by atoms with Gasteiger partial charge in [0.15, 0.2) is 5.13 Å². The van der Waals surface area contributed by atoms with Gasteiger partial charge >= 0.3 is 0 Å². The third-order valence-corrected chi connectivity index (χ3v) is 6.17. The molecule has 0 spiro atoms. The van der Waals surface area contributed by atoms with Crippen molar-refractivity contribution < 1.29 is 4.79 Å². The Labute approximate surface area is 158 Å². The van der Waals surface area contributed by atoms with Gasteiger partial charge in [-0.05, 0) is 56.2 Å². The van der Waals surface area contributed by atoms with Gasteiger partial charge in [0.05, 0.1) is 10.2 Å². The Hall–Kier alpha value is -2.40. The Kier molecular flexibility index (Phi) is 4.41. The Morgan fingerprint density at radius 3 is 2.46 bits per heavy atom. The number of nitrogens with zero attached hydrogens (tertiary/aromatic N) is 3. The Morgan fingerprint density at radius 1 is 1.00 bits per heavy atom. The molecule has 1 aromatic heterocycles. The summed E-state index contributed by atoms with van der Waals surface area (Å²) in [5.41, 5.74) is 5.56. The number of aromatic nitrogens is 1. The fourth-order valence-electron chi connectivity index (χ4n) is 3.36. The Morgan fingerprint density at radius 2 is 1.73 bits per heavy atom. The zero-order valence-corrected chi connectivity index (χ0v) is 16.3. The number of rotatable bonds is 2. The van der Waals surface area contributed by atoms with Crippen LogP contribution in [-0.4, -0.2) is 42.0 Å². The van der Waals surface area contributed by atoms with E-state index in [1.807, 2.05) is 36.1 Å². The van der Waals surface area contributed by atoms with Gasteiger partial charge in [0.1, 0.15) is 0 Å². The van der Waals surface area contributed by atoms with Crippen molar-refractivity contribution in [1.82, 2.24) is 9.88 Å². The molecule has 2 aromatic carbocycles. The first kappa shape index (κ1) is 17.0. The minimum atomic E-state index is 0.129. The molecule has 1 fully saturated rings. The zero-order valence-electron chi connectivity index (χ0n) is 15.5. The van der Waals surface area contributed by atoms with Crippen LogP contribution >= 0.6 is 11.3 Å². The van der Waals surface area contributed by atoms with Crippen molar-refractivity contribution >= 4 is 32.6 Å². The van der Waals surface area contributed by atoms with Gasteiger partial charge < -0.3 is 9.80 Å². The largest absolute Gasteiger partial charge is 0.345 e. The maximum Gasteiger partial charge on any atom is 0.253 e. The molecule has 3 aromatic rings. The minimum absolute atomic E-state index is 0.129. The van der Waals surface area contributed by atoms with Crippen molar-refractivity contribution in [1.29, 1.82) is 0 Å². The van der Waals surface area contributed by atoms with Crippen molar-refractivity contribution in [3.8, 4) is 0 Å². The van der Waals surface area contributed by atoms with Crippen LogP contribution in [0.2, 0.25) is 0 Å². The number of piperazine rings is 1. The number of amides is 1. The number of anilines is 1. The normalized spacial score (nSPS) is 14.9. The van der Waals surface area contributed by atoms with E-state index in [1.54, 1.807) is 11.3 Å². The molecule has 0 saturated carbocycles. The lowest BCUT2D eigenvalue weighted by Crippen LogP contribution is -2.48. The van der Waals surface area contributed by atoms with E-state index >= 15 is 0 Å². The molecule has 1 amide bonds. The van der Waals surface area contributed by atoms with Gasteiger partial charge in [-0.1, -0.05) is 29.0 Å². The van der Waals surface area contributed by atoms with Gasteiger partial charge in [0.2, 0.25) is 0 Å². The topological polar surface area (TPSA) is 36.4 Å². The summed E-state index contributed by atoms with van der Waals surface area (Å²) in [5.74, 6) is 0.129. The molecule has 0 N–H and O–H groups in total. The standard InChI is InChI=1S/C21H23N3OS/c1-14-5-4-6-17(11-14)20(25)23-7-9-24(10-8-23)21-22-18-12-15(2)16(3)13-19(18)26-21/h4-6,11-13H,7-10H2,1-3H3. The van der Waals surface area contributed by atoms with Gasteiger partial charge in [0.25, 0.3) is 5.91 Å². The molecule has 26 heavy (non-hydrogen) atoms. The number of thiazole rings is 1. The van der Waals surface area contributed by atoms with Gasteiger partial charge in [-0.3, -0.25) is 4.79 Å². The minimum Gasteiger partial charge on any atom is -0.345 e. The molecule has 0 aliphatic carbocycles. The molecule has 1 aliphatic rings. The number of hydrogen-bond acceptors (Lipinski definition) is 4. The first-order valence-electron chi connectivity index (χ1n) is 9.00. The van der Waals surface area contributed by atoms with Gasteiger partial charge in [-0.15, -0.1) is 0 Å². The highest BCUT2D eigenvalue weighted by atomic mass is 32.1. The highest BCUT2D eigenvalue weighted by Gasteiger charge is 2.24. The molecule has 4 rings (SSSR count). The van der Waals surface area contributed by atoms with Gasteiger partial charge in [0, 0.05) is 31.7 Å². The predicted molar refractivity (Wildman–Crippen MR) is 108 cm³/mol.